The maximum Gasteiger partial charge on any atom is 0.419 e. The molecule has 1 aromatic heterocycles. The van der Waals surface area contributed by atoms with Crippen molar-refractivity contribution >= 4 is 23.4 Å². The third-order valence-electron chi connectivity index (χ3n) is 3.16. The summed E-state index contributed by atoms with van der Waals surface area (Å²) in [6.45, 7) is 0. The van der Waals surface area contributed by atoms with Crippen LogP contribution < -0.4 is 15.5 Å². The number of ether oxygens (including phenoxy) is 1. The first-order chi connectivity index (χ1) is 11.1. The minimum atomic E-state index is -0.787. The third-order valence-corrected chi connectivity index (χ3v) is 3.16. The Morgan fingerprint density at radius 1 is 1.35 bits per heavy atom. The average molecular weight is 315 g/mol. The monoisotopic (exact) mass is 315 g/mol. The number of hydrogen-bond donors (Lipinski definition) is 3. The Morgan fingerprint density at radius 2 is 2.22 bits per heavy atom. The fourth-order valence-electron chi connectivity index (χ4n) is 2.05. The van der Waals surface area contributed by atoms with Gasteiger partial charge in [0.2, 0.25) is 5.91 Å². The lowest BCUT2D eigenvalue weighted by molar-refractivity contribution is -0.121. The molecule has 0 bridgehead atoms. The van der Waals surface area contributed by atoms with Gasteiger partial charge in [0.05, 0.1) is 17.7 Å². The summed E-state index contributed by atoms with van der Waals surface area (Å²) in [4.78, 5) is 22.8. The Labute approximate surface area is 130 Å². The number of phenols is 1. The highest BCUT2D eigenvalue weighted by Gasteiger charge is 2.16. The molecule has 0 radical (unpaired) electrons. The Hall–Kier alpha value is -3.29. The molecule has 3 N–H and O–H groups in total. The molecule has 0 saturated heterocycles. The number of hydrogen-bond acceptors (Lipinski definition) is 6. The summed E-state index contributed by atoms with van der Waals surface area (Å²) in [6, 6.07) is 7.72. The van der Waals surface area contributed by atoms with E-state index in [1.54, 1.807) is 12.1 Å². The zero-order chi connectivity index (χ0) is 16.2. The molecule has 2 aromatic rings. The summed E-state index contributed by atoms with van der Waals surface area (Å²) >= 11 is 0. The SMILES string of the molecule is O=C1CCC(c2ccc(NC(=O)Oc3ccco3)c(O)c2)=NN1. The summed E-state index contributed by atoms with van der Waals surface area (Å²) in [7, 11) is 0. The molecule has 2 heterocycles. The number of nitrogens with one attached hydrogen (secondary N) is 2. The number of anilines is 1. The zero-order valence-corrected chi connectivity index (χ0v) is 11.9. The second-order valence-corrected chi connectivity index (χ2v) is 4.77. The van der Waals surface area contributed by atoms with Gasteiger partial charge in [0.15, 0.2) is 0 Å². The van der Waals surface area contributed by atoms with Crippen molar-refractivity contribution in [1.29, 1.82) is 0 Å². The van der Waals surface area contributed by atoms with Crippen LogP contribution in [-0.4, -0.2) is 22.8 Å². The zero-order valence-electron chi connectivity index (χ0n) is 11.9. The van der Waals surface area contributed by atoms with Crippen molar-refractivity contribution < 1.29 is 23.8 Å². The summed E-state index contributed by atoms with van der Waals surface area (Å²) in [5.41, 5.74) is 3.89. The number of benzene rings is 1. The summed E-state index contributed by atoms with van der Waals surface area (Å²) < 4.78 is 9.76. The second kappa shape index (κ2) is 6.22. The van der Waals surface area contributed by atoms with Crippen molar-refractivity contribution in [3.8, 4) is 11.7 Å². The van der Waals surface area contributed by atoms with E-state index < -0.39 is 6.09 Å². The normalized spacial score (nSPS) is 13.9. The summed E-state index contributed by atoms with van der Waals surface area (Å²) in [5.74, 6) is -0.235. The van der Waals surface area contributed by atoms with Crippen molar-refractivity contribution in [1.82, 2.24) is 5.43 Å². The van der Waals surface area contributed by atoms with E-state index in [-0.39, 0.29) is 23.3 Å². The lowest BCUT2D eigenvalue weighted by Gasteiger charge is -2.13. The van der Waals surface area contributed by atoms with Gasteiger partial charge < -0.3 is 14.3 Å². The molecule has 0 saturated carbocycles. The highest BCUT2D eigenvalue weighted by molar-refractivity contribution is 6.05. The minimum absolute atomic E-state index is 0.0471. The number of hydrazone groups is 1. The van der Waals surface area contributed by atoms with Crippen LogP contribution in [0.3, 0.4) is 0 Å². The van der Waals surface area contributed by atoms with Gasteiger partial charge in [-0.3, -0.25) is 10.1 Å². The standard InChI is InChI=1S/C15H13N3O5/c19-12-8-9(10-5-6-13(20)18-17-10)3-4-11(12)16-15(21)23-14-2-1-7-22-14/h1-4,7-8,19H,5-6H2,(H,16,21)(H,18,20). The van der Waals surface area contributed by atoms with Crippen molar-refractivity contribution in [3.05, 3.63) is 42.2 Å². The van der Waals surface area contributed by atoms with Crippen LogP contribution in [0.25, 0.3) is 0 Å². The van der Waals surface area contributed by atoms with Crippen LogP contribution in [0, 0.1) is 0 Å². The molecule has 118 valence electrons. The quantitative estimate of drug-likeness (QED) is 0.752. The maximum atomic E-state index is 11.7. The number of carbonyl (C=O) groups excluding carboxylic acids is 2. The molecule has 1 aliphatic heterocycles. The number of rotatable bonds is 3. The van der Waals surface area contributed by atoms with E-state index in [9.17, 15) is 14.7 Å². The predicted molar refractivity (Wildman–Crippen MR) is 80.4 cm³/mol. The van der Waals surface area contributed by atoms with E-state index in [4.69, 9.17) is 9.15 Å². The Kier molecular flexibility index (Phi) is 3.96. The smallest absolute Gasteiger partial charge is 0.419 e. The molecule has 0 atom stereocenters. The van der Waals surface area contributed by atoms with Gasteiger partial charge in [0, 0.05) is 24.5 Å². The van der Waals surface area contributed by atoms with Crippen LogP contribution in [0.2, 0.25) is 0 Å². The molecule has 0 aliphatic carbocycles. The molecule has 8 heteroatoms. The van der Waals surface area contributed by atoms with Gasteiger partial charge in [-0.15, -0.1) is 0 Å². The van der Waals surface area contributed by atoms with E-state index >= 15 is 0 Å². The number of furan rings is 1. The summed E-state index contributed by atoms with van der Waals surface area (Å²) in [5, 5.41) is 16.4. The van der Waals surface area contributed by atoms with E-state index in [0.29, 0.717) is 24.1 Å². The molecule has 23 heavy (non-hydrogen) atoms. The van der Waals surface area contributed by atoms with Crippen molar-refractivity contribution in [2.24, 2.45) is 5.10 Å². The molecule has 1 aliphatic rings. The molecule has 2 amide bonds. The highest BCUT2D eigenvalue weighted by atomic mass is 16.6. The number of aromatic hydroxyl groups is 1. The highest BCUT2D eigenvalue weighted by Crippen LogP contribution is 2.26. The molecule has 0 unspecified atom stereocenters. The maximum absolute atomic E-state index is 11.7. The van der Waals surface area contributed by atoms with Gasteiger partial charge in [-0.05, 0) is 18.2 Å². The number of nitrogens with zero attached hydrogens (tertiary/aromatic N) is 1. The first-order valence-electron chi connectivity index (χ1n) is 6.83. The largest absolute Gasteiger partial charge is 0.506 e. The van der Waals surface area contributed by atoms with E-state index in [1.165, 1.54) is 24.5 Å². The van der Waals surface area contributed by atoms with Crippen LogP contribution in [0.5, 0.6) is 11.7 Å². The van der Waals surface area contributed by atoms with Crippen LogP contribution in [0.15, 0.2) is 46.1 Å². The fraction of sp³-hybridized carbons (Fsp3) is 0.133. The van der Waals surface area contributed by atoms with Gasteiger partial charge in [0.1, 0.15) is 5.75 Å². The number of amides is 2. The van der Waals surface area contributed by atoms with Gasteiger partial charge in [-0.25, -0.2) is 10.2 Å². The first-order valence-corrected chi connectivity index (χ1v) is 6.83. The van der Waals surface area contributed by atoms with Gasteiger partial charge in [-0.2, -0.15) is 5.10 Å². The molecule has 8 nitrogen and oxygen atoms in total. The third kappa shape index (κ3) is 3.49. The van der Waals surface area contributed by atoms with Crippen LogP contribution in [-0.2, 0) is 4.79 Å². The Balaban J connectivity index is 1.69. The van der Waals surface area contributed by atoms with E-state index in [1.807, 2.05) is 0 Å². The predicted octanol–water partition coefficient (Wildman–Crippen LogP) is 2.21. The summed E-state index contributed by atoms with van der Waals surface area (Å²) in [6.07, 6.45) is 1.41. The number of phenolic OH excluding ortho intramolecular Hbond substituents is 1. The van der Waals surface area contributed by atoms with E-state index in [0.717, 1.165) is 0 Å². The van der Waals surface area contributed by atoms with Crippen molar-refractivity contribution in [2.45, 2.75) is 12.8 Å². The van der Waals surface area contributed by atoms with Gasteiger partial charge in [-0.1, -0.05) is 6.07 Å². The molecular formula is C15H13N3O5. The molecular weight excluding hydrogens is 302 g/mol. The Bertz CT molecular complexity index is 767. The fourth-order valence-corrected chi connectivity index (χ4v) is 2.05. The topological polar surface area (TPSA) is 113 Å². The Morgan fingerprint density at radius 3 is 2.87 bits per heavy atom. The van der Waals surface area contributed by atoms with Gasteiger partial charge >= 0.3 is 6.09 Å². The minimum Gasteiger partial charge on any atom is -0.506 e. The first kappa shape index (κ1) is 14.6. The average Bonchev–Trinajstić information content (AvgIpc) is 3.03. The van der Waals surface area contributed by atoms with Crippen molar-refractivity contribution in [3.63, 3.8) is 0 Å². The number of carbonyl (C=O) groups is 2. The lowest BCUT2D eigenvalue weighted by Crippen LogP contribution is -2.25. The molecule has 0 fully saturated rings. The molecule has 1 aromatic carbocycles. The van der Waals surface area contributed by atoms with Crippen molar-refractivity contribution in [2.75, 3.05) is 5.32 Å². The molecule has 3 rings (SSSR count). The van der Waals surface area contributed by atoms with Crippen LogP contribution >= 0.6 is 0 Å². The van der Waals surface area contributed by atoms with E-state index in [2.05, 4.69) is 15.8 Å². The van der Waals surface area contributed by atoms with Crippen LogP contribution in [0.4, 0.5) is 10.5 Å². The molecule has 0 spiro atoms. The van der Waals surface area contributed by atoms with Gasteiger partial charge in [0.25, 0.3) is 5.95 Å². The van der Waals surface area contributed by atoms with Crippen LogP contribution in [0.1, 0.15) is 18.4 Å². The lowest BCUT2D eigenvalue weighted by atomic mass is 10.0. The second-order valence-electron chi connectivity index (χ2n) is 4.77.